The van der Waals surface area contributed by atoms with Crippen LogP contribution < -0.4 is 0 Å². The molecule has 9 nitrogen and oxygen atoms in total. The monoisotopic (exact) mass is 823 g/mol. The Hall–Kier alpha value is -2.10. The van der Waals surface area contributed by atoms with Crippen LogP contribution in [0.5, 0.6) is 0 Å². The Morgan fingerprint density at radius 3 is 1.53 bits per heavy atom. The number of hydrogen-bond acceptors (Lipinski definition) is 8. The molecule has 0 spiro atoms. The molecule has 3 unspecified atom stereocenters. The van der Waals surface area contributed by atoms with Crippen LogP contribution >= 0.6 is 7.82 Å². The zero-order valence-corrected chi connectivity index (χ0v) is 36.9. The van der Waals surface area contributed by atoms with E-state index < -0.39 is 45.8 Å². The molecule has 0 aromatic heterocycles. The Kier molecular flexibility index (Phi) is 41.9. The predicted octanol–water partition coefficient (Wildman–Crippen LogP) is 12.5. The van der Waals surface area contributed by atoms with Crippen molar-refractivity contribution in [3.8, 4) is 0 Å². The Labute approximate surface area is 348 Å². The number of allylic oxidation sites excluding steroid dienone is 12. The molecule has 57 heavy (non-hydrogen) atoms. The van der Waals surface area contributed by atoms with E-state index in [0.717, 1.165) is 57.8 Å². The van der Waals surface area contributed by atoms with Crippen molar-refractivity contribution in [1.29, 1.82) is 0 Å². The highest BCUT2D eigenvalue weighted by molar-refractivity contribution is 7.47. The molecule has 0 rings (SSSR count). The molecule has 0 radical (unpaired) electrons. The number of carbonyl (C=O) groups excluding carboxylic acids is 1. The van der Waals surface area contributed by atoms with Crippen molar-refractivity contribution >= 4 is 13.8 Å². The molecule has 10 heteroatoms. The molecule has 0 aliphatic rings. The van der Waals surface area contributed by atoms with Crippen LogP contribution in [0, 0.1) is 0 Å². The minimum atomic E-state index is -4.54. The maximum atomic E-state index is 12.6. The summed E-state index contributed by atoms with van der Waals surface area (Å²) in [6.45, 7) is 3.31. The van der Waals surface area contributed by atoms with Gasteiger partial charge in [0.05, 0.1) is 26.4 Å². The number of rotatable bonds is 42. The van der Waals surface area contributed by atoms with E-state index in [9.17, 15) is 19.4 Å². The van der Waals surface area contributed by atoms with Gasteiger partial charge in [0.25, 0.3) is 0 Å². The molecule has 3 atom stereocenters. The smallest absolute Gasteiger partial charge is 0.457 e. The van der Waals surface area contributed by atoms with Crippen molar-refractivity contribution < 1.29 is 43.0 Å². The first kappa shape index (κ1) is 54.9. The summed E-state index contributed by atoms with van der Waals surface area (Å²) < 4.78 is 33.3. The van der Waals surface area contributed by atoms with Crippen molar-refractivity contribution in [3.05, 3.63) is 72.9 Å². The number of phosphoric acid groups is 1. The second kappa shape index (κ2) is 43.5. The second-order valence-corrected chi connectivity index (χ2v) is 16.1. The van der Waals surface area contributed by atoms with Crippen LogP contribution in [-0.2, 0) is 27.9 Å². The Morgan fingerprint density at radius 2 is 1.00 bits per heavy atom. The highest BCUT2D eigenvalue weighted by atomic mass is 31.2. The zero-order valence-electron chi connectivity index (χ0n) is 36.0. The summed E-state index contributed by atoms with van der Waals surface area (Å²) in [5.41, 5.74) is 0. The van der Waals surface area contributed by atoms with Gasteiger partial charge in [0.1, 0.15) is 12.2 Å². The lowest BCUT2D eigenvalue weighted by atomic mass is 10.1. The molecule has 0 amide bonds. The molecule has 0 heterocycles. The van der Waals surface area contributed by atoms with Gasteiger partial charge >= 0.3 is 13.8 Å². The van der Waals surface area contributed by atoms with E-state index in [-0.39, 0.29) is 13.0 Å². The van der Waals surface area contributed by atoms with Gasteiger partial charge in [-0.3, -0.25) is 13.8 Å². The molecule has 0 bridgehead atoms. The topological polar surface area (TPSA) is 132 Å². The third kappa shape index (κ3) is 43.3. The van der Waals surface area contributed by atoms with E-state index in [4.69, 9.17) is 23.6 Å². The number of aliphatic hydroxyl groups excluding tert-OH is 2. The quantitative estimate of drug-likeness (QED) is 0.0238. The lowest BCUT2D eigenvalue weighted by molar-refractivity contribution is -0.154. The van der Waals surface area contributed by atoms with E-state index >= 15 is 0 Å². The number of esters is 1. The van der Waals surface area contributed by atoms with Crippen molar-refractivity contribution in [2.75, 3.05) is 33.0 Å². The molecule has 330 valence electrons. The number of ether oxygens (including phenoxy) is 2. The number of hydrogen-bond donors (Lipinski definition) is 3. The van der Waals surface area contributed by atoms with Crippen LogP contribution in [0.3, 0.4) is 0 Å². The van der Waals surface area contributed by atoms with E-state index in [0.29, 0.717) is 13.0 Å². The van der Waals surface area contributed by atoms with Crippen molar-refractivity contribution in [3.63, 3.8) is 0 Å². The summed E-state index contributed by atoms with van der Waals surface area (Å²) in [5, 5.41) is 18.4. The Morgan fingerprint density at radius 1 is 0.561 bits per heavy atom. The Balaban J connectivity index is 4.25. The normalized spacial score (nSPS) is 14.7. The summed E-state index contributed by atoms with van der Waals surface area (Å²) >= 11 is 0. The van der Waals surface area contributed by atoms with Crippen LogP contribution in [0.15, 0.2) is 72.9 Å². The molecule has 0 saturated heterocycles. The largest absolute Gasteiger partial charge is 0.472 e. The molecule has 0 fully saturated rings. The minimum absolute atomic E-state index is 0.0211. The fraction of sp³-hybridized carbons (Fsp3) is 0.723. The summed E-state index contributed by atoms with van der Waals surface area (Å²) in [5.74, 6) is -0.441. The Bertz CT molecular complexity index is 1110. The first-order chi connectivity index (χ1) is 27.8. The molecule has 0 aliphatic heterocycles. The number of unbranched alkanes of at least 4 members (excludes halogenated alkanes) is 16. The van der Waals surface area contributed by atoms with Gasteiger partial charge in [0.2, 0.25) is 0 Å². The maximum Gasteiger partial charge on any atom is 0.472 e. The molecule has 0 aromatic rings. The van der Waals surface area contributed by atoms with Gasteiger partial charge in [-0.15, -0.1) is 0 Å². The number of carbonyl (C=O) groups is 1. The van der Waals surface area contributed by atoms with Gasteiger partial charge in [-0.2, -0.15) is 0 Å². The van der Waals surface area contributed by atoms with E-state index in [1.807, 2.05) is 6.08 Å². The fourth-order valence-electron chi connectivity index (χ4n) is 5.74. The zero-order chi connectivity index (χ0) is 41.8. The molecular weight excluding hydrogens is 739 g/mol. The predicted molar refractivity (Wildman–Crippen MR) is 237 cm³/mol. The van der Waals surface area contributed by atoms with Crippen LogP contribution in [-0.4, -0.2) is 66.3 Å². The number of aliphatic hydroxyl groups is 2. The maximum absolute atomic E-state index is 12.6. The van der Waals surface area contributed by atoms with Crippen LogP contribution in [0.1, 0.15) is 174 Å². The molecular formula is C47H83O9P. The van der Waals surface area contributed by atoms with E-state index in [2.05, 4.69) is 80.7 Å². The highest BCUT2D eigenvalue weighted by Gasteiger charge is 2.26. The SMILES string of the molecule is CC/C=C\C/C=C\C/C=C\C/C=C\C/C=C\CCCC(=O)OC(COCCCCCCCCCC/C=C\CCCCCCCCC)COP(=O)(O)OCC(O)CO. The highest BCUT2D eigenvalue weighted by Crippen LogP contribution is 2.43. The standard InChI is InChI=1S/C47H83O9P/c1-3-5-7-9-11-13-15-17-19-21-22-24-26-28-30-32-34-36-38-40-53-43-46(44-55-57(51,52)54-42-45(49)41-48)56-47(50)39-37-35-33-31-29-27-25-23-20-18-16-14-12-10-8-6-4-2/h6,8,12,14,18-21,25,27,31,33,45-46,48-49H,3-5,7,9-11,13,15-17,22-24,26,28-30,32,34-44H2,1-2H3,(H,51,52)/b8-6-,14-12-,20-18-,21-19-,27-25-,33-31-. The lowest BCUT2D eigenvalue weighted by Crippen LogP contribution is -2.29. The van der Waals surface area contributed by atoms with Gasteiger partial charge in [0, 0.05) is 13.0 Å². The van der Waals surface area contributed by atoms with E-state index in [1.54, 1.807) is 0 Å². The second-order valence-electron chi connectivity index (χ2n) is 14.7. The summed E-state index contributed by atoms with van der Waals surface area (Å²) in [6, 6.07) is 0. The van der Waals surface area contributed by atoms with Crippen molar-refractivity contribution in [2.24, 2.45) is 0 Å². The third-order valence-corrected chi connectivity index (χ3v) is 10.1. The van der Waals surface area contributed by atoms with Crippen molar-refractivity contribution in [1.82, 2.24) is 0 Å². The average molecular weight is 823 g/mol. The van der Waals surface area contributed by atoms with Crippen LogP contribution in [0.4, 0.5) is 0 Å². The first-order valence-electron chi connectivity index (χ1n) is 22.4. The summed E-state index contributed by atoms with van der Waals surface area (Å²) in [7, 11) is -4.54. The number of phosphoric ester groups is 1. The van der Waals surface area contributed by atoms with Crippen LogP contribution in [0.25, 0.3) is 0 Å². The molecule has 3 N–H and O–H groups in total. The summed E-state index contributed by atoms with van der Waals surface area (Å²) in [4.78, 5) is 22.6. The third-order valence-electron chi connectivity index (χ3n) is 9.13. The van der Waals surface area contributed by atoms with Gasteiger partial charge in [0.15, 0.2) is 0 Å². The van der Waals surface area contributed by atoms with Crippen molar-refractivity contribution in [2.45, 2.75) is 187 Å². The molecule has 0 aliphatic carbocycles. The average Bonchev–Trinajstić information content (AvgIpc) is 3.20. The lowest BCUT2D eigenvalue weighted by Gasteiger charge is -2.20. The van der Waals surface area contributed by atoms with Crippen LogP contribution in [0.2, 0.25) is 0 Å². The van der Waals surface area contributed by atoms with Gasteiger partial charge in [-0.05, 0) is 77.0 Å². The first-order valence-corrected chi connectivity index (χ1v) is 23.9. The molecule has 0 aromatic carbocycles. The van der Waals surface area contributed by atoms with Gasteiger partial charge < -0.3 is 24.6 Å². The summed E-state index contributed by atoms with van der Waals surface area (Å²) in [6.07, 6.45) is 51.6. The van der Waals surface area contributed by atoms with E-state index in [1.165, 1.54) is 89.9 Å². The molecule has 0 saturated carbocycles. The minimum Gasteiger partial charge on any atom is -0.457 e. The fourth-order valence-corrected chi connectivity index (χ4v) is 6.53. The van der Waals surface area contributed by atoms with Gasteiger partial charge in [-0.25, -0.2) is 4.57 Å². The van der Waals surface area contributed by atoms with Gasteiger partial charge in [-0.1, -0.05) is 164 Å².